The smallest absolute Gasteiger partial charge is 0.142 e. The summed E-state index contributed by atoms with van der Waals surface area (Å²) in [6.07, 6.45) is 5.36. The Morgan fingerprint density at radius 1 is 1.25 bits per heavy atom. The van der Waals surface area contributed by atoms with Crippen LogP contribution in [0.2, 0.25) is 0 Å². The molecular weight excluding hydrogens is 200 g/mol. The predicted octanol–water partition coefficient (Wildman–Crippen LogP) is 2.38. The Kier molecular flexibility index (Phi) is 4.05. The Bertz CT molecular complexity index is 321. The number of nitrogens with two attached hydrogens (primary N) is 1. The van der Waals surface area contributed by atoms with Crippen molar-refractivity contribution in [2.75, 3.05) is 18.4 Å². The molecule has 1 aromatic carbocycles. The van der Waals surface area contributed by atoms with E-state index in [1.54, 1.807) is 0 Å². The molecule has 0 amide bonds. The van der Waals surface area contributed by atoms with E-state index in [-0.39, 0.29) is 0 Å². The number of ether oxygens (including phenoxy) is 1. The molecular formula is C13H20N2O. The van der Waals surface area contributed by atoms with Crippen molar-refractivity contribution in [1.82, 2.24) is 0 Å². The molecule has 0 bridgehead atoms. The van der Waals surface area contributed by atoms with E-state index in [4.69, 9.17) is 10.5 Å². The molecule has 0 aliphatic heterocycles. The average Bonchev–Trinajstić information content (AvgIpc) is 2.81. The third-order valence-electron chi connectivity index (χ3n) is 2.94. The summed E-state index contributed by atoms with van der Waals surface area (Å²) in [6.45, 7) is 1.42. The number of para-hydroxylation sites is 2. The lowest BCUT2D eigenvalue weighted by Crippen LogP contribution is -2.16. The van der Waals surface area contributed by atoms with E-state index in [9.17, 15) is 0 Å². The maximum Gasteiger partial charge on any atom is 0.142 e. The molecule has 0 unspecified atom stereocenters. The van der Waals surface area contributed by atoms with Gasteiger partial charge in [-0.15, -0.1) is 0 Å². The van der Waals surface area contributed by atoms with Crippen molar-refractivity contribution in [2.45, 2.75) is 31.8 Å². The molecule has 2 rings (SSSR count). The van der Waals surface area contributed by atoms with E-state index in [1.807, 2.05) is 24.3 Å². The van der Waals surface area contributed by atoms with Gasteiger partial charge in [-0.25, -0.2) is 0 Å². The van der Waals surface area contributed by atoms with Crippen LogP contribution in [0.3, 0.4) is 0 Å². The molecule has 1 aliphatic carbocycles. The van der Waals surface area contributed by atoms with E-state index in [0.29, 0.717) is 12.6 Å². The van der Waals surface area contributed by atoms with Crippen molar-refractivity contribution in [3.63, 3.8) is 0 Å². The van der Waals surface area contributed by atoms with Gasteiger partial charge in [-0.2, -0.15) is 0 Å². The highest BCUT2D eigenvalue weighted by atomic mass is 16.5. The Hall–Kier alpha value is -1.22. The van der Waals surface area contributed by atoms with Crippen molar-refractivity contribution >= 4 is 5.69 Å². The van der Waals surface area contributed by atoms with Crippen LogP contribution in [0.25, 0.3) is 0 Å². The minimum atomic E-state index is 0.404. The van der Waals surface area contributed by atoms with Crippen molar-refractivity contribution in [3.05, 3.63) is 24.3 Å². The predicted molar refractivity (Wildman–Crippen MR) is 66.9 cm³/mol. The van der Waals surface area contributed by atoms with E-state index in [1.165, 1.54) is 25.7 Å². The molecule has 16 heavy (non-hydrogen) atoms. The molecule has 3 heteroatoms. The number of rotatable bonds is 5. The van der Waals surface area contributed by atoms with Crippen LogP contribution in [-0.2, 0) is 0 Å². The quantitative estimate of drug-likeness (QED) is 0.801. The van der Waals surface area contributed by atoms with Crippen LogP contribution in [0.5, 0.6) is 5.75 Å². The van der Waals surface area contributed by atoms with Gasteiger partial charge < -0.3 is 15.8 Å². The summed E-state index contributed by atoms with van der Waals surface area (Å²) in [4.78, 5) is 0. The lowest BCUT2D eigenvalue weighted by atomic mass is 10.2. The number of hydrogen-bond donors (Lipinski definition) is 2. The lowest BCUT2D eigenvalue weighted by molar-refractivity contribution is 0.211. The first-order valence-electron chi connectivity index (χ1n) is 6.10. The molecule has 0 saturated heterocycles. The molecule has 1 saturated carbocycles. The van der Waals surface area contributed by atoms with Gasteiger partial charge in [0.2, 0.25) is 0 Å². The van der Waals surface area contributed by atoms with Gasteiger partial charge in [0, 0.05) is 13.1 Å². The van der Waals surface area contributed by atoms with Gasteiger partial charge in [0.05, 0.1) is 11.8 Å². The molecule has 0 heterocycles. The SMILES string of the molecule is NCCNc1ccccc1OC1CCCC1. The zero-order valence-corrected chi connectivity index (χ0v) is 9.61. The fraction of sp³-hybridized carbons (Fsp3) is 0.538. The van der Waals surface area contributed by atoms with Gasteiger partial charge in [-0.1, -0.05) is 12.1 Å². The van der Waals surface area contributed by atoms with Crippen molar-refractivity contribution in [3.8, 4) is 5.75 Å². The van der Waals surface area contributed by atoms with Crippen LogP contribution in [0.1, 0.15) is 25.7 Å². The fourth-order valence-electron chi connectivity index (χ4n) is 2.11. The van der Waals surface area contributed by atoms with Gasteiger partial charge >= 0.3 is 0 Å². The van der Waals surface area contributed by atoms with Gasteiger partial charge in [0.15, 0.2) is 0 Å². The Labute approximate surface area is 97.0 Å². The summed E-state index contributed by atoms with van der Waals surface area (Å²) in [5.74, 6) is 0.961. The van der Waals surface area contributed by atoms with Crippen LogP contribution in [-0.4, -0.2) is 19.2 Å². The molecule has 0 radical (unpaired) electrons. The summed E-state index contributed by atoms with van der Waals surface area (Å²) in [7, 11) is 0. The third-order valence-corrected chi connectivity index (χ3v) is 2.94. The highest BCUT2D eigenvalue weighted by Crippen LogP contribution is 2.29. The largest absolute Gasteiger partial charge is 0.488 e. The second kappa shape index (κ2) is 5.75. The van der Waals surface area contributed by atoms with Crippen LogP contribution in [0, 0.1) is 0 Å². The van der Waals surface area contributed by atoms with E-state index in [0.717, 1.165) is 18.0 Å². The van der Waals surface area contributed by atoms with Crippen molar-refractivity contribution in [2.24, 2.45) is 5.73 Å². The molecule has 88 valence electrons. The van der Waals surface area contributed by atoms with Crippen LogP contribution < -0.4 is 15.8 Å². The second-order valence-corrected chi connectivity index (χ2v) is 4.24. The standard InChI is InChI=1S/C13H20N2O/c14-9-10-15-12-7-3-4-8-13(12)16-11-5-1-2-6-11/h3-4,7-8,11,15H,1-2,5-6,9-10,14H2. The first-order valence-corrected chi connectivity index (χ1v) is 6.10. The summed E-state index contributed by atoms with van der Waals surface area (Å²) in [5, 5.41) is 3.29. The maximum atomic E-state index is 6.00. The van der Waals surface area contributed by atoms with Gasteiger partial charge in [0.1, 0.15) is 5.75 Å². The molecule has 0 aromatic heterocycles. The van der Waals surface area contributed by atoms with E-state index in [2.05, 4.69) is 5.32 Å². The van der Waals surface area contributed by atoms with Gasteiger partial charge in [-0.3, -0.25) is 0 Å². The van der Waals surface area contributed by atoms with E-state index >= 15 is 0 Å². The molecule has 0 spiro atoms. The summed E-state index contributed by atoms with van der Waals surface area (Å²) >= 11 is 0. The van der Waals surface area contributed by atoms with Crippen LogP contribution in [0.4, 0.5) is 5.69 Å². The fourth-order valence-corrected chi connectivity index (χ4v) is 2.11. The average molecular weight is 220 g/mol. The number of anilines is 1. The molecule has 0 atom stereocenters. The van der Waals surface area contributed by atoms with Crippen molar-refractivity contribution in [1.29, 1.82) is 0 Å². The zero-order chi connectivity index (χ0) is 11.2. The zero-order valence-electron chi connectivity index (χ0n) is 9.61. The van der Waals surface area contributed by atoms with Gasteiger partial charge in [0.25, 0.3) is 0 Å². The first kappa shape index (κ1) is 11.3. The van der Waals surface area contributed by atoms with Crippen LogP contribution in [0.15, 0.2) is 24.3 Å². The number of nitrogens with one attached hydrogen (secondary N) is 1. The minimum Gasteiger partial charge on any atom is -0.488 e. The Morgan fingerprint density at radius 3 is 2.75 bits per heavy atom. The normalized spacial score (nSPS) is 16.3. The van der Waals surface area contributed by atoms with Crippen molar-refractivity contribution < 1.29 is 4.74 Å². The Morgan fingerprint density at radius 2 is 2.00 bits per heavy atom. The monoisotopic (exact) mass is 220 g/mol. The highest BCUT2D eigenvalue weighted by Gasteiger charge is 2.17. The van der Waals surface area contributed by atoms with Crippen LogP contribution >= 0.6 is 0 Å². The molecule has 3 N–H and O–H groups in total. The summed E-state index contributed by atoms with van der Waals surface area (Å²) in [5.41, 5.74) is 6.54. The first-order chi connectivity index (χ1) is 7.90. The van der Waals surface area contributed by atoms with Gasteiger partial charge in [-0.05, 0) is 37.8 Å². The second-order valence-electron chi connectivity index (χ2n) is 4.24. The Balaban J connectivity index is 2.00. The summed E-state index contributed by atoms with van der Waals surface area (Å²) in [6, 6.07) is 8.09. The molecule has 1 aromatic rings. The number of hydrogen-bond acceptors (Lipinski definition) is 3. The maximum absolute atomic E-state index is 6.00. The third kappa shape index (κ3) is 2.89. The molecule has 1 aliphatic rings. The molecule has 1 fully saturated rings. The molecule has 3 nitrogen and oxygen atoms in total. The number of benzene rings is 1. The van der Waals surface area contributed by atoms with E-state index < -0.39 is 0 Å². The minimum absolute atomic E-state index is 0.404. The summed E-state index contributed by atoms with van der Waals surface area (Å²) < 4.78 is 6.00. The highest BCUT2D eigenvalue weighted by molar-refractivity contribution is 5.56. The lowest BCUT2D eigenvalue weighted by Gasteiger charge is -2.17. The topological polar surface area (TPSA) is 47.3 Å².